The Hall–Kier alpha value is -0.530. The van der Waals surface area contributed by atoms with Gasteiger partial charge in [-0.25, -0.2) is 0 Å². The van der Waals surface area contributed by atoms with E-state index in [1.165, 1.54) is 51.4 Å². The number of hydrogen-bond donors (Lipinski definition) is 1. The molecule has 2 heteroatoms. The van der Waals surface area contributed by atoms with E-state index in [2.05, 4.69) is 12.2 Å². The first-order chi connectivity index (χ1) is 8.31. The number of carbonyl (C=O) groups is 1. The van der Waals surface area contributed by atoms with Crippen LogP contribution in [0.1, 0.15) is 64.7 Å². The summed E-state index contributed by atoms with van der Waals surface area (Å²) in [4.78, 5) is 12.0. The summed E-state index contributed by atoms with van der Waals surface area (Å²) in [7, 11) is 0. The average Bonchev–Trinajstić information content (AvgIpc) is 2.95. The van der Waals surface area contributed by atoms with E-state index in [1.807, 2.05) is 0 Å². The average molecular weight is 237 g/mol. The summed E-state index contributed by atoms with van der Waals surface area (Å²) in [5.41, 5.74) is 0. The molecular weight excluding hydrogens is 210 g/mol. The fourth-order valence-corrected chi connectivity index (χ4v) is 3.64. The van der Waals surface area contributed by atoms with Crippen LogP contribution in [0, 0.1) is 17.8 Å². The minimum atomic E-state index is 0.354. The van der Waals surface area contributed by atoms with Crippen LogP contribution >= 0.6 is 0 Å². The predicted octanol–water partition coefficient (Wildman–Crippen LogP) is 3.51. The molecule has 0 radical (unpaired) electrons. The van der Waals surface area contributed by atoms with Crippen LogP contribution in [0.15, 0.2) is 0 Å². The molecule has 2 aliphatic carbocycles. The van der Waals surface area contributed by atoms with Gasteiger partial charge in [0.05, 0.1) is 0 Å². The number of amides is 1. The van der Waals surface area contributed by atoms with E-state index in [0.717, 1.165) is 24.8 Å². The molecule has 98 valence electrons. The van der Waals surface area contributed by atoms with Gasteiger partial charge in [0.15, 0.2) is 0 Å². The molecule has 2 aliphatic rings. The summed E-state index contributed by atoms with van der Waals surface area (Å²) in [6, 6.07) is 0. The summed E-state index contributed by atoms with van der Waals surface area (Å²) in [6.45, 7) is 3.13. The Morgan fingerprint density at radius 1 is 1.12 bits per heavy atom. The standard InChI is InChI=1S/C15H27NO/c1-2-3-4-5-6-9-16-15(17)14-11-12-7-8-13(14)10-12/h12-14H,2-11H2,1H3,(H,16,17)/t12-,13-,14+/m1/s1. The summed E-state index contributed by atoms with van der Waals surface area (Å²) in [5.74, 6) is 2.32. The third kappa shape index (κ3) is 3.46. The Labute approximate surface area is 106 Å². The predicted molar refractivity (Wildman–Crippen MR) is 70.7 cm³/mol. The van der Waals surface area contributed by atoms with Gasteiger partial charge < -0.3 is 5.32 Å². The van der Waals surface area contributed by atoms with Crippen molar-refractivity contribution < 1.29 is 4.79 Å². The van der Waals surface area contributed by atoms with Gasteiger partial charge in [-0.05, 0) is 37.5 Å². The Bertz CT molecular complexity index is 251. The van der Waals surface area contributed by atoms with Crippen molar-refractivity contribution in [3.63, 3.8) is 0 Å². The second kappa shape index (κ2) is 6.42. The Morgan fingerprint density at radius 2 is 1.94 bits per heavy atom. The third-order valence-electron chi connectivity index (χ3n) is 4.65. The van der Waals surface area contributed by atoms with E-state index in [0.29, 0.717) is 11.8 Å². The molecule has 0 aliphatic heterocycles. The maximum Gasteiger partial charge on any atom is 0.223 e. The van der Waals surface area contributed by atoms with Gasteiger partial charge in [-0.2, -0.15) is 0 Å². The summed E-state index contributed by atoms with van der Waals surface area (Å²) in [5, 5.41) is 3.15. The number of fused-ring (bicyclic) bond motifs is 2. The van der Waals surface area contributed by atoms with Gasteiger partial charge in [-0.1, -0.05) is 39.0 Å². The van der Waals surface area contributed by atoms with Gasteiger partial charge in [0.2, 0.25) is 5.91 Å². The van der Waals surface area contributed by atoms with Crippen molar-refractivity contribution >= 4 is 5.91 Å². The van der Waals surface area contributed by atoms with Crippen LogP contribution < -0.4 is 5.32 Å². The quantitative estimate of drug-likeness (QED) is 0.675. The van der Waals surface area contributed by atoms with Gasteiger partial charge in [0.1, 0.15) is 0 Å². The van der Waals surface area contributed by atoms with E-state index in [1.54, 1.807) is 0 Å². The first-order valence-corrected chi connectivity index (χ1v) is 7.59. The molecule has 2 rings (SSSR count). The molecule has 0 aromatic heterocycles. The molecular formula is C15H27NO. The van der Waals surface area contributed by atoms with E-state index in [-0.39, 0.29) is 0 Å². The topological polar surface area (TPSA) is 29.1 Å². The monoisotopic (exact) mass is 237 g/mol. The van der Waals surface area contributed by atoms with Gasteiger partial charge in [0, 0.05) is 12.5 Å². The Balaban J connectivity index is 1.55. The number of rotatable bonds is 7. The lowest BCUT2D eigenvalue weighted by atomic mass is 9.88. The van der Waals surface area contributed by atoms with Crippen LogP contribution in [0.5, 0.6) is 0 Å². The van der Waals surface area contributed by atoms with Crippen LogP contribution in [0.3, 0.4) is 0 Å². The Morgan fingerprint density at radius 3 is 2.59 bits per heavy atom. The molecule has 0 unspecified atom stereocenters. The molecule has 0 aromatic rings. The van der Waals surface area contributed by atoms with Gasteiger partial charge in [0.25, 0.3) is 0 Å². The first-order valence-electron chi connectivity index (χ1n) is 7.59. The normalized spacial score (nSPS) is 30.8. The lowest BCUT2D eigenvalue weighted by Crippen LogP contribution is -2.34. The lowest BCUT2D eigenvalue weighted by Gasteiger charge is -2.20. The molecule has 1 N–H and O–H groups in total. The molecule has 1 amide bonds. The van der Waals surface area contributed by atoms with Gasteiger partial charge in [-0.15, -0.1) is 0 Å². The number of unbranched alkanes of at least 4 members (excludes halogenated alkanes) is 4. The van der Waals surface area contributed by atoms with Crippen molar-refractivity contribution in [2.24, 2.45) is 17.8 Å². The highest BCUT2D eigenvalue weighted by Crippen LogP contribution is 2.48. The smallest absolute Gasteiger partial charge is 0.223 e. The van der Waals surface area contributed by atoms with Crippen molar-refractivity contribution in [1.29, 1.82) is 0 Å². The molecule has 2 fully saturated rings. The maximum absolute atomic E-state index is 12.0. The fraction of sp³-hybridized carbons (Fsp3) is 0.933. The molecule has 0 aromatic carbocycles. The minimum Gasteiger partial charge on any atom is -0.356 e. The molecule has 0 spiro atoms. The lowest BCUT2D eigenvalue weighted by molar-refractivity contribution is -0.126. The van der Waals surface area contributed by atoms with Crippen LogP contribution in [0.2, 0.25) is 0 Å². The zero-order valence-corrected chi connectivity index (χ0v) is 11.2. The number of carbonyl (C=O) groups excluding carboxylic acids is 1. The summed E-state index contributed by atoms with van der Waals surface area (Å²) in [6.07, 6.45) is 11.6. The summed E-state index contributed by atoms with van der Waals surface area (Å²) < 4.78 is 0. The largest absolute Gasteiger partial charge is 0.356 e. The molecule has 2 bridgehead atoms. The van der Waals surface area contributed by atoms with Crippen molar-refractivity contribution in [3.05, 3.63) is 0 Å². The highest BCUT2D eigenvalue weighted by atomic mass is 16.1. The van der Waals surface area contributed by atoms with Crippen molar-refractivity contribution in [1.82, 2.24) is 5.32 Å². The highest BCUT2D eigenvalue weighted by molar-refractivity contribution is 5.79. The summed E-state index contributed by atoms with van der Waals surface area (Å²) >= 11 is 0. The molecule has 3 atom stereocenters. The van der Waals surface area contributed by atoms with Crippen molar-refractivity contribution in [2.45, 2.75) is 64.7 Å². The number of nitrogens with one attached hydrogen (secondary N) is 1. The van der Waals surface area contributed by atoms with Gasteiger partial charge >= 0.3 is 0 Å². The van der Waals surface area contributed by atoms with Crippen LogP contribution in [0.25, 0.3) is 0 Å². The van der Waals surface area contributed by atoms with Crippen LogP contribution in [0.4, 0.5) is 0 Å². The molecule has 0 saturated heterocycles. The van der Waals surface area contributed by atoms with Gasteiger partial charge in [-0.3, -0.25) is 4.79 Å². The number of hydrogen-bond acceptors (Lipinski definition) is 1. The fourth-order valence-electron chi connectivity index (χ4n) is 3.64. The van der Waals surface area contributed by atoms with Crippen molar-refractivity contribution in [2.75, 3.05) is 6.54 Å². The van der Waals surface area contributed by atoms with E-state index < -0.39 is 0 Å². The first kappa shape index (κ1) is 12.9. The van der Waals surface area contributed by atoms with E-state index in [4.69, 9.17) is 0 Å². The minimum absolute atomic E-state index is 0.354. The Kier molecular flexibility index (Phi) is 4.87. The third-order valence-corrected chi connectivity index (χ3v) is 4.65. The molecule has 2 saturated carbocycles. The zero-order valence-electron chi connectivity index (χ0n) is 11.2. The second-order valence-corrected chi connectivity index (χ2v) is 5.99. The highest BCUT2D eigenvalue weighted by Gasteiger charge is 2.42. The van der Waals surface area contributed by atoms with Crippen molar-refractivity contribution in [3.8, 4) is 0 Å². The van der Waals surface area contributed by atoms with E-state index >= 15 is 0 Å². The zero-order chi connectivity index (χ0) is 12.1. The van der Waals surface area contributed by atoms with E-state index in [9.17, 15) is 4.79 Å². The SMILES string of the molecule is CCCCCCCNC(=O)[C@H]1C[C@@H]2CC[C@@H]1C2. The maximum atomic E-state index is 12.0. The van der Waals surface area contributed by atoms with Crippen LogP contribution in [-0.2, 0) is 4.79 Å². The molecule has 0 heterocycles. The second-order valence-electron chi connectivity index (χ2n) is 5.99. The van der Waals surface area contributed by atoms with Crippen LogP contribution in [-0.4, -0.2) is 12.5 Å². The molecule has 2 nitrogen and oxygen atoms in total. The molecule has 17 heavy (non-hydrogen) atoms.